The zero-order valence-electron chi connectivity index (χ0n) is 11.1. The highest BCUT2D eigenvalue weighted by Crippen LogP contribution is 2.34. The minimum absolute atomic E-state index is 0.0400. The van der Waals surface area contributed by atoms with E-state index in [9.17, 15) is 8.42 Å². The number of rotatable bonds is 5. The molecule has 1 aromatic rings. The van der Waals surface area contributed by atoms with Gasteiger partial charge < -0.3 is 5.73 Å². The van der Waals surface area contributed by atoms with Gasteiger partial charge in [0.25, 0.3) is 0 Å². The van der Waals surface area contributed by atoms with Crippen LogP contribution in [0.1, 0.15) is 31.7 Å². The molecular weight excluding hydrogens is 328 g/mol. The molecule has 0 aliphatic heterocycles. The molecule has 0 amide bonds. The van der Waals surface area contributed by atoms with Crippen LogP contribution in [0, 0.1) is 12.8 Å². The van der Waals surface area contributed by atoms with Gasteiger partial charge >= 0.3 is 0 Å². The number of hydrogen-bond acceptors (Lipinski definition) is 3. The summed E-state index contributed by atoms with van der Waals surface area (Å²) in [4.78, 5) is 0.260. The lowest BCUT2D eigenvalue weighted by Gasteiger charge is -2.16. The molecule has 106 valence electrons. The maximum absolute atomic E-state index is 12.3. The molecule has 1 aliphatic rings. The van der Waals surface area contributed by atoms with Gasteiger partial charge in [-0.25, -0.2) is 13.1 Å². The molecule has 1 saturated carbocycles. The summed E-state index contributed by atoms with van der Waals surface area (Å²) in [6.07, 6.45) is 3.34. The number of benzene rings is 1. The van der Waals surface area contributed by atoms with Crippen molar-refractivity contribution in [3.05, 3.63) is 22.2 Å². The minimum atomic E-state index is -3.50. The van der Waals surface area contributed by atoms with Crippen LogP contribution in [0.4, 0.5) is 5.69 Å². The Balaban J connectivity index is 2.20. The van der Waals surface area contributed by atoms with Crippen LogP contribution in [0.5, 0.6) is 0 Å². The largest absolute Gasteiger partial charge is 0.398 e. The molecule has 2 rings (SSSR count). The Bertz CT molecular complexity index is 583. The lowest BCUT2D eigenvalue weighted by molar-refractivity contribution is 0.529. The molecule has 1 fully saturated rings. The Morgan fingerprint density at radius 3 is 2.68 bits per heavy atom. The van der Waals surface area contributed by atoms with Gasteiger partial charge in [-0.1, -0.05) is 12.8 Å². The molecule has 1 aromatic carbocycles. The summed E-state index contributed by atoms with van der Waals surface area (Å²) in [7, 11) is -3.50. The number of anilines is 1. The van der Waals surface area contributed by atoms with Crippen LogP contribution in [0.2, 0.25) is 0 Å². The van der Waals surface area contributed by atoms with E-state index in [4.69, 9.17) is 5.73 Å². The summed E-state index contributed by atoms with van der Waals surface area (Å²) in [6, 6.07) is 3.20. The first-order valence-corrected chi connectivity index (χ1v) is 8.65. The van der Waals surface area contributed by atoms with Gasteiger partial charge in [0.15, 0.2) is 0 Å². The summed E-state index contributed by atoms with van der Waals surface area (Å²) in [5.41, 5.74) is 6.89. The van der Waals surface area contributed by atoms with Crippen molar-refractivity contribution in [3.8, 4) is 0 Å². The number of halogens is 1. The van der Waals surface area contributed by atoms with Gasteiger partial charge in [0.2, 0.25) is 10.0 Å². The van der Waals surface area contributed by atoms with E-state index in [2.05, 4.69) is 20.7 Å². The Labute approximate surface area is 122 Å². The van der Waals surface area contributed by atoms with Crippen molar-refractivity contribution < 1.29 is 8.42 Å². The molecule has 4 nitrogen and oxygen atoms in total. The average molecular weight is 347 g/mol. The van der Waals surface area contributed by atoms with Crippen LogP contribution in [0.3, 0.4) is 0 Å². The fourth-order valence-electron chi connectivity index (χ4n) is 2.19. The predicted molar refractivity (Wildman–Crippen MR) is 80.4 cm³/mol. The number of nitrogen functional groups attached to an aromatic ring is 1. The van der Waals surface area contributed by atoms with Crippen molar-refractivity contribution in [2.45, 2.75) is 44.0 Å². The maximum Gasteiger partial charge on any atom is 0.241 e. The predicted octanol–water partition coefficient (Wildman–Crippen LogP) is 2.81. The van der Waals surface area contributed by atoms with E-state index in [1.54, 1.807) is 13.0 Å². The van der Waals surface area contributed by atoms with Crippen molar-refractivity contribution in [1.29, 1.82) is 0 Å². The Morgan fingerprint density at radius 2 is 2.11 bits per heavy atom. The lowest BCUT2D eigenvalue weighted by atomic mass is 10.2. The SMILES string of the molecule is Cc1cc(Br)c(N)cc1S(=O)(=O)NC(C)CC1CC1. The van der Waals surface area contributed by atoms with E-state index in [1.165, 1.54) is 18.9 Å². The molecule has 1 unspecified atom stereocenters. The zero-order chi connectivity index (χ0) is 14.2. The molecule has 0 spiro atoms. The molecule has 0 saturated heterocycles. The molecule has 3 N–H and O–H groups in total. The number of hydrogen-bond donors (Lipinski definition) is 2. The number of aryl methyl sites for hydroxylation is 1. The molecule has 1 aliphatic carbocycles. The minimum Gasteiger partial charge on any atom is -0.398 e. The van der Waals surface area contributed by atoms with E-state index < -0.39 is 10.0 Å². The van der Waals surface area contributed by atoms with Crippen molar-refractivity contribution in [2.75, 3.05) is 5.73 Å². The fraction of sp³-hybridized carbons (Fsp3) is 0.538. The van der Waals surface area contributed by atoms with Gasteiger partial charge in [0.1, 0.15) is 0 Å². The summed E-state index contributed by atoms with van der Waals surface area (Å²) in [5, 5.41) is 0. The van der Waals surface area contributed by atoms with Crippen LogP contribution in [0.25, 0.3) is 0 Å². The van der Waals surface area contributed by atoms with Gasteiger partial charge in [0, 0.05) is 16.2 Å². The summed E-state index contributed by atoms with van der Waals surface area (Å²) in [5.74, 6) is 0.689. The molecule has 19 heavy (non-hydrogen) atoms. The zero-order valence-corrected chi connectivity index (χ0v) is 13.5. The molecular formula is C13H19BrN2O2S. The van der Waals surface area contributed by atoms with Crippen molar-refractivity contribution >= 4 is 31.6 Å². The monoisotopic (exact) mass is 346 g/mol. The van der Waals surface area contributed by atoms with Gasteiger partial charge in [-0.2, -0.15) is 0 Å². The van der Waals surface area contributed by atoms with Crippen molar-refractivity contribution in [1.82, 2.24) is 4.72 Å². The second-order valence-electron chi connectivity index (χ2n) is 5.34. The second-order valence-corrected chi connectivity index (χ2v) is 7.88. The Kier molecular flexibility index (Phi) is 4.23. The highest BCUT2D eigenvalue weighted by atomic mass is 79.9. The normalized spacial score (nSPS) is 17.4. The molecule has 0 heterocycles. The second kappa shape index (κ2) is 5.42. The van der Waals surface area contributed by atoms with E-state index in [1.807, 2.05) is 6.92 Å². The highest BCUT2D eigenvalue weighted by molar-refractivity contribution is 9.10. The summed E-state index contributed by atoms with van der Waals surface area (Å²) >= 11 is 3.30. The standard InChI is InChI=1S/C13H19BrN2O2S/c1-8-5-11(14)12(15)7-13(8)19(17,18)16-9(2)6-10-3-4-10/h5,7,9-10,16H,3-4,6,15H2,1-2H3. The number of sulfonamides is 1. The number of nitrogens with one attached hydrogen (secondary N) is 1. The fourth-order valence-corrected chi connectivity index (χ4v) is 4.16. The van der Waals surface area contributed by atoms with Gasteiger partial charge in [-0.15, -0.1) is 0 Å². The molecule has 0 bridgehead atoms. The third-order valence-corrected chi connectivity index (χ3v) is 5.74. The molecule has 0 aromatic heterocycles. The highest BCUT2D eigenvalue weighted by Gasteiger charge is 2.27. The van der Waals surface area contributed by atoms with Crippen LogP contribution in [0.15, 0.2) is 21.5 Å². The van der Waals surface area contributed by atoms with Crippen LogP contribution >= 0.6 is 15.9 Å². The third kappa shape index (κ3) is 3.70. The first kappa shape index (κ1) is 14.8. The summed E-state index contributed by atoms with van der Waals surface area (Å²) in [6.45, 7) is 3.68. The van der Waals surface area contributed by atoms with Crippen LogP contribution < -0.4 is 10.5 Å². The topological polar surface area (TPSA) is 72.2 Å². The van der Waals surface area contributed by atoms with E-state index in [-0.39, 0.29) is 10.9 Å². The molecule has 1 atom stereocenters. The van der Waals surface area contributed by atoms with Crippen molar-refractivity contribution in [2.24, 2.45) is 5.92 Å². The average Bonchev–Trinajstić information content (AvgIpc) is 3.05. The van der Waals surface area contributed by atoms with Crippen LogP contribution in [-0.4, -0.2) is 14.5 Å². The Hall–Kier alpha value is -0.590. The van der Waals surface area contributed by atoms with Gasteiger partial charge in [-0.3, -0.25) is 0 Å². The smallest absolute Gasteiger partial charge is 0.241 e. The van der Waals surface area contributed by atoms with E-state index in [0.717, 1.165) is 10.9 Å². The number of nitrogens with two attached hydrogens (primary N) is 1. The maximum atomic E-state index is 12.3. The van der Waals surface area contributed by atoms with E-state index >= 15 is 0 Å². The Morgan fingerprint density at radius 1 is 1.47 bits per heavy atom. The van der Waals surface area contributed by atoms with Crippen LogP contribution in [-0.2, 0) is 10.0 Å². The molecule has 0 radical (unpaired) electrons. The first-order valence-electron chi connectivity index (χ1n) is 6.37. The van der Waals surface area contributed by atoms with Gasteiger partial charge in [0.05, 0.1) is 4.90 Å². The van der Waals surface area contributed by atoms with E-state index in [0.29, 0.717) is 17.2 Å². The van der Waals surface area contributed by atoms with Crippen molar-refractivity contribution in [3.63, 3.8) is 0 Å². The quantitative estimate of drug-likeness (QED) is 0.805. The first-order chi connectivity index (χ1) is 8.79. The lowest BCUT2D eigenvalue weighted by Crippen LogP contribution is -2.33. The molecule has 6 heteroatoms. The van der Waals surface area contributed by atoms with Gasteiger partial charge in [-0.05, 0) is 59.8 Å². The third-order valence-electron chi connectivity index (χ3n) is 3.32. The summed E-state index contributed by atoms with van der Waals surface area (Å²) < 4.78 is 28.1.